The van der Waals surface area contributed by atoms with Crippen molar-refractivity contribution in [2.24, 2.45) is 0 Å². The molecule has 0 unspecified atom stereocenters. The van der Waals surface area contributed by atoms with Crippen LogP contribution in [0.2, 0.25) is 0 Å². The fourth-order valence-corrected chi connectivity index (χ4v) is 4.53. The molecule has 0 radical (unpaired) electrons. The first kappa shape index (κ1) is 20.2. The molecule has 0 aliphatic rings. The van der Waals surface area contributed by atoms with Gasteiger partial charge in [-0.1, -0.05) is 11.3 Å². The summed E-state index contributed by atoms with van der Waals surface area (Å²) in [5.41, 5.74) is 1.42. The summed E-state index contributed by atoms with van der Waals surface area (Å²) in [7, 11) is 0. The molecule has 0 saturated carbocycles. The molecule has 0 aliphatic carbocycles. The third-order valence-electron chi connectivity index (χ3n) is 4.11. The number of thiazole rings is 2. The Bertz CT molecular complexity index is 1190. The van der Waals surface area contributed by atoms with Crippen LogP contribution in [0, 0.1) is 12.7 Å². The molecule has 0 bridgehead atoms. The maximum atomic E-state index is 13.0. The molecule has 4 aromatic rings. The van der Waals surface area contributed by atoms with Gasteiger partial charge in [-0.2, -0.15) is 0 Å². The summed E-state index contributed by atoms with van der Waals surface area (Å²) < 4.78 is 25.0. The van der Waals surface area contributed by atoms with Crippen molar-refractivity contribution >= 4 is 43.9 Å². The molecular formula is C21H18FN3O3S2. The Morgan fingerprint density at radius 1 is 1.07 bits per heavy atom. The van der Waals surface area contributed by atoms with Crippen LogP contribution in [0.15, 0.2) is 42.5 Å². The highest BCUT2D eigenvalue weighted by atomic mass is 32.1. The van der Waals surface area contributed by atoms with Crippen molar-refractivity contribution in [1.29, 1.82) is 0 Å². The number of hydrogen-bond acceptors (Lipinski definition) is 7. The Balaban J connectivity index is 1.44. The van der Waals surface area contributed by atoms with E-state index < -0.39 is 0 Å². The number of fused-ring (bicyclic) bond motifs is 1. The van der Waals surface area contributed by atoms with Crippen molar-refractivity contribution in [2.75, 3.05) is 11.9 Å². The monoisotopic (exact) mass is 443 g/mol. The van der Waals surface area contributed by atoms with Gasteiger partial charge in [0, 0.05) is 0 Å². The van der Waals surface area contributed by atoms with Crippen LogP contribution >= 0.6 is 22.7 Å². The molecule has 0 saturated heterocycles. The highest BCUT2D eigenvalue weighted by Gasteiger charge is 2.17. The van der Waals surface area contributed by atoms with E-state index in [0.29, 0.717) is 33.1 Å². The van der Waals surface area contributed by atoms with Gasteiger partial charge < -0.3 is 9.47 Å². The normalized spacial score (nSPS) is 10.9. The third-order valence-corrected chi connectivity index (χ3v) is 6.18. The quantitative estimate of drug-likeness (QED) is 0.412. The maximum Gasteiger partial charge on any atom is 0.269 e. The number of amides is 1. The average molecular weight is 444 g/mol. The van der Waals surface area contributed by atoms with Crippen LogP contribution in [0.5, 0.6) is 11.5 Å². The van der Waals surface area contributed by atoms with Crippen molar-refractivity contribution in [3.63, 3.8) is 0 Å². The number of nitrogens with zero attached hydrogens (tertiary/aromatic N) is 2. The molecule has 6 nitrogen and oxygen atoms in total. The summed E-state index contributed by atoms with van der Waals surface area (Å²) in [5, 5.41) is 4.02. The number of halogens is 1. The minimum Gasteiger partial charge on any atom is -0.494 e. The van der Waals surface area contributed by atoms with Gasteiger partial charge in [0.15, 0.2) is 5.13 Å². The van der Waals surface area contributed by atoms with Gasteiger partial charge in [0.1, 0.15) is 33.8 Å². The lowest BCUT2D eigenvalue weighted by Crippen LogP contribution is -2.11. The van der Waals surface area contributed by atoms with Crippen LogP contribution in [-0.2, 0) is 6.61 Å². The molecule has 0 aliphatic heterocycles. The Hall–Kier alpha value is -3.04. The van der Waals surface area contributed by atoms with Crippen LogP contribution in [0.25, 0.3) is 10.2 Å². The zero-order valence-electron chi connectivity index (χ0n) is 16.3. The van der Waals surface area contributed by atoms with E-state index in [4.69, 9.17) is 9.47 Å². The lowest BCUT2D eigenvalue weighted by molar-refractivity contribution is 0.103. The highest BCUT2D eigenvalue weighted by Crippen LogP contribution is 2.30. The van der Waals surface area contributed by atoms with Gasteiger partial charge in [0.25, 0.3) is 5.91 Å². The number of nitrogens with one attached hydrogen (secondary N) is 1. The first-order valence-corrected chi connectivity index (χ1v) is 10.8. The molecule has 0 fully saturated rings. The van der Waals surface area contributed by atoms with Crippen LogP contribution in [-0.4, -0.2) is 22.5 Å². The van der Waals surface area contributed by atoms with Gasteiger partial charge in [-0.3, -0.25) is 10.1 Å². The van der Waals surface area contributed by atoms with Crippen molar-refractivity contribution in [3.8, 4) is 11.5 Å². The summed E-state index contributed by atoms with van der Waals surface area (Å²) >= 11 is 2.65. The van der Waals surface area contributed by atoms with E-state index in [1.54, 1.807) is 19.1 Å². The Kier molecular flexibility index (Phi) is 5.91. The van der Waals surface area contributed by atoms with Gasteiger partial charge in [0.2, 0.25) is 0 Å². The molecule has 9 heteroatoms. The second kappa shape index (κ2) is 8.76. The molecule has 0 atom stereocenters. The van der Waals surface area contributed by atoms with E-state index in [0.717, 1.165) is 16.0 Å². The number of anilines is 1. The lowest BCUT2D eigenvalue weighted by atomic mass is 10.3. The van der Waals surface area contributed by atoms with Crippen molar-refractivity contribution < 1.29 is 18.7 Å². The number of benzene rings is 2. The first-order valence-electron chi connectivity index (χ1n) is 9.21. The third kappa shape index (κ3) is 4.58. The highest BCUT2D eigenvalue weighted by molar-refractivity contribution is 7.22. The molecule has 1 amide bonds. The molecule has 1 N–H and O–H groups in total. The molecule has 4 rings (SSSR count). The fourth-order valence-electron chi connectivity index (χ4n) is 2.77. The van der Waals surface area contributed by atoms with E-state index in [2.05, 4.69) is 15.3 Å². The summed E-state index contributed by atoms with van der Waals surface area (Å²) in [6.07, 6.45) is 0. The first-order chi connectivity index (χ1) is 14.5. The number of rotatable bonds is 7. The van der Waals surface area contributed by atoms with Crippen LogP contribution < -0.4 is 14.8 Å². The smallest absolute Gasteiger partial charge is 0.269 e. The summed E-state index contributed by atoms with van der Waals surface area (Å²) in [4.78, 5) is 22.1. The van der Waals surface area contributed by atoms with Gasteiger partial charge in [-0.15, -0.1) is 11.3 Å². The minimum atomic E-state index is -0.324. The maximum absolute atomic E-state index is 13.0. The van der Waals surface area contributed by atoms with E-state index >= 15 is 0 Å². The second-order valence-electron chi connectivity index (χ2n) is 6.30. The average Bonchev–Trinajstić information content (AvgIpc) is 3.30. The van der Waals surface area contributed by atoms with E-state index in [1.165, 1.54) is 34.8 Å². The number of aromatic nitrogens is 2. The predicted molar refractivity (Wildman–Crippen MR) is 116 cm³/mol. The summed E-state index contributed by atoms with van der Waals surface area (Å²) in [6, 6.07) is 11.4. The molecule has 0 spiro atoms. The lowest BCUT2D eigenvalue weighted by Gasteiger charge is -2.03. The Labute approximate surface area is 180 Å². The number of aryl methyl sites for hydroxylation is 1. The van der Waals surface area contributed by atoms with Gasteiger partial charge in [-0.05, 0) is 56.3 Å². The van der Waals surface area contributed by atoms with Crippen molar-refractivity contribution in [2.45, 2.75) is 20.5 Å². The molecular weight excluding hydrogens is 425 g/mol. The standard InChI is InChI=1S/C21H18FN3O3S2/c1-3-27-15-8-9-16-17(10-15)29-21(24-16)25-20(26)19-12(2)23-18(30-19)11-28-14-6-4-13(22)5-7-14/h4-10H,3,11H2,1-2H3,(H,24,25,26). The van der Waals surface area contributed by atoms with Gasteiger partial charge in [0.05, 0.1) is 22.5 Å². The summed E-state index contributed by atoms with van der Waals surface area (Å²) in [5.74, 6) is 0.726. The molecule has 30 heavy (non-hydrogen) atoms. The van der Waals surface area contributed by atoms with Crippen LogP contribution in [0.1, 0.15) is 27.3 Å². The Morgan fingerprint density at radius 2 is 1.83 bits per heavy atom. The zero-order valence-corrected chi connectivity index (χ0v) is 17.9. The van der Waals surface area contributed by atoms with Crippen LogP contribution in [0.4, 0.5) is 9.52 Å². The van der Waals surface area contributed by atoms with E-state index in [1.807, 2.05) is 25.1 Å². The largest absolute Gasteiger partial charge is 0.494 e. The zero-order chi connectivity index (χ0) is 21.1. The van der Waals surface area contributed by atoms with Gasteiger partial charge in [-0.25, -0.2) is 14.4 Å². The number of carbonyl (C=O) groups is 1. The van der Waals surface area contributed by atoms with Gasteiger partial charge >= 0.3 is 0 Å². The second-order valence-corrected chi connectivity index (χ2v) is 8.41. The molecule has 2 heterocycles. The summed E-state index contributed by atoms with van der Waals surface area (Å²) in [6.45, 7) is 4.50. The molecule has 2 aromatic heterocycles. The molecule has 154 valence electrons. The van der Waals surface area contributed by atoms with E-state index in [9.17, 15) is 9.18 Å². The van der Waals surface area contributed by atoms with Crippen molar-refractivity contribution in [3.05, 3.63) is 63.9 Å². The molecule has 2 aromatic carbocycles. The van der Waals surface area contributed by atoms with E-state index in [-0.39, 0.29) is 18.3 Å². The number of carbonyl (C=O) groups excluding carboxylic acids is 1. The number of ether oxygens (including phenoxy) is 2. The van der Waals surface area contributed by atoms with Crippen molar-refractivity contribution in [1.82, 2.24) is 9.97 Å². The fraction of sp³-hybridized carbons (Fsp3) is 0.190. The Morgan fingerprint density at radius 3 is 2.60 bits per heavy atom. The minimum absolute atomic E-state index is 0.200. The predicted octanol–water partition coefficient (Wildman–Crippen LogP) is 5.43. The van der Waals surface area contributed by atoms with Crippen LogP contribution in [0.3, 0.4) is 0 Å². The topological polar surface area (TPSA) is 73.3 Å². The number of hydrogen-bond donors (Lipinski definition) is 1. The SMILES string of the molecule is CCOc1ccc2nc(NC(=O)c3sc(COc4ccc(F)cc4)nc3C)sc2c1.